The number of hydrogen-bond acceptors (Lipinski definition) is 6. The fourth-order valence-corrected chi connectivity index (χ4v) is 3.56. The first-order chi connectivity index (χ1) is 13.1. The molecule has 0 aliphatic rings. The molecule has 0 aliphatic carbocycles. The number of rotatable bonds is 8. The lowest BCUT2D eigenvalue weighted by atomic mass is 10.1. The van der Waals surface area contributed by atoms with Gasteiger partial charge in [0.25, 0.3) is 5.89 Å². The van der Waals surface area contributed by atoms with Crippen molar-refractivity contribution in [2.45, 2.75) is 39.7 Å². The zero-order valence-corrected chi connectivity index (χ0v) is 16.6. The molecule has 142 valence electrons. The second-order valence-electron chi connectivity index (χ2n) is 6.47. The Labute approximate surface area is 163 Å². The molecule has 2 N–H and O–H groups in total. The van der Waals surface area contributed by atoms with E-state index in [4.69, 9.17) is 4.52 Å². The van der Waals surface area contributed by atoms with Crippen LogP contribution >= 0.6 is 11.3 Å². The maximum atomic E-state index is 12.5. The molecule has 2 heterocycles. The van der Waals surface area contributed by atoms with Gasteiger partial charge in [-0.05, 0) is 43.3 Å². The average Bonchev–Trinajstić information content (AvgIpc) is 3.27. The molecule has 0 bridgehead atoms. The Morgan fingerprint density at radius 1 is 1.30 bits per heavy atom. The summed E-state index contributed by atoms with van der Waals surface area (Å²) in [6, 6.07) is 9.74. The third kappa shape index (κ3) is 4.81. The first kappa shape index (κ1) is 19.3. The molecule has 0 radical (unpaired) electrons. The molecule has 1 amide bonds. The monoisotopic (exact) mass is 384 g/mol. The molecule has 3 rings (SSSR count). The summed E-state index contributed by atoms with van der Waals surface area (Å²) in [6.45, 7) is 6.69. The zero-order valence-electron chi connectivity index (χ0n) is 15.8. The van der Waals surface area contributed by atoms with Crippen LogP contribution in [0.4, 0.5) is 5.69 Å². The predicted molar refractivity (Wildman–Crippen MR) is 108 cm³/mol. The van der Waals surface area contributed by atoms with Crippen molar-refractivity contribution in [1.29, 1.82) is 0 Å². The van der Waals surface area contributed by atoms with Crippen LogP contribution in [0.2, 0.25) is 0 Å². The minimum atomic E-state index is -0.270. The third-order valence-corrected chi connectivity index (χ3v) is 5.27. The van der Waals surface area contributed by atoms with Crippen LogP contribution in [0.5, 0.6) is 0 Å². The zero-order chi connectivity index (χ0) is 19.2. The molecule has 2 aromatic heterocycles. The molecule has 27 heavy (non-hydrogen) atoms. The molecule has 3 aromatic rings. The predicted octanol–water partition coefficient (Wildman–Crippen LogP) is 4.02. The minimum Gasteiger partial charge on any atom is -0.333 e. The van der Waals surface area contributed by atoms with E-state index >= 15 is 0 Å². The van der Waals surface area contributed by atoms with Gasteiger partial charge in [-0.1, -0.05) is 42.4 Å². The summed E-state index contributed by atoms with van der Waals surface area (Å²) in [6.07, 6.45) is 1.58. The standard InChI is InChI=1S/C20H24N4O2S/c1-4-10-21-14(3)19(25)23-17-13(2)12-27-18(17)20-22-16(24-26-20)11-15-8-6-5-7-9-15/h5-9,12,14,21H,4,10-11H2,1-3H3,(H,23,25). The Morgan fingerprint density at radius 3 is 2.81 bits per heavy atom. The van der Waals surface area contributed by atoms with E-state index in [-0.39, 0.29) is 11.9 Å². The largest absolute Gasteiger partial charge is 0.333 e. The number of nitrogens with one attached hydrogen (secondary N) is 2. The Bertz CT molecular complexity index is 889. The Morgan fingerprint density at radius 2 is 2.07 bits per heavy atom. The van der Waals surface area contributed by atoms with Gasteiger partial charge in [0, 0.05) is 6.42 Å². The number of benzene rings is 1. The van der Waals surface area contributed by atoms with Crippen LogP contribution in [-0.4, -0.2) is 28.6 Å². The van der Waals surface area contributed by atoms with Crippen LogP contribution in [0.1, 0.15) is 37.2 Å². The van der Waals surface area contributed by atoms with Gasteiger partial charge in [-0.2, -0.15) is 4.98 Å². The first-order valence-electron chi connectivity index (χ1n) is 9.07. The van der Waals surface area contributed by atoms with E-state index in [0.717, 1.165) is 34.7 Å². The van der Waals surface area contributed by atoms with E-state index in [1.165, 1.54) is 11.3 Å². The van der Waals surface area contributed by atoms with E-state index in [2.05, 4.69) is 27.7 Å². The summed E-state index contributed by atoms with van der Waals surface area (Å²) in [4.78, 5) is 17.8. The van der Waals surface area contributed by atoms with Crippen LogP contribution in [0, 0.1) is 6.92 Å². The molecular weight excluding hydrogens is 360 g/mol. The highest BCUT2D eigenvalue weighted by molar-refractivity contribution is 7.14. The number of aryl methyl sites for hydroxylation is 1. The van der Waals surface area contributed by atoms with Crippen LogP contribution < -0.4 is 10.6 Å². The average molecular weight is 385 g/mol. The van der Waals surface area contributed by atoms with Crippen molar-refractivity contribution < 1.29 is 9.32 Å². The van der Waals surface area contributed by atoms with Crippen molar-refractivity contribution in [1.82, 2.24) is 15.5 Å². The molecule has 1 atom stereocenters. The summed E-state index contributed by atoms with van der Waals surface area (Å²) >= 11 is 1.49. The van der Waals surface area contributed by atoms with Gasteiger partial charge in [0.05, 0.1) is 11.7 Å². The van der Waals surface area contributed by atoms with Gasteiger partial charge in [0.2, 0.25) is 5.91 Å². The van der Waals surface area contributed by atoms with Crippen molar-refractivity contribution in [3.05, 3.63) is 52.7 Å². The first-order valence-corrected chi connectivity index (χ1v) is 9.95. The van der Waals surface area contributed by atoms with E-state index in [1.54, 1.807) is 0 Å². The van der Waals surface area contributed by atoms with Crippen LogP contribution in [0.15, 0.2) is 40.2 Å². The second kappa shape index (κ2) is 8.92. The quantitative estimate of drug-likeness (QED) is 0.613. The van der Waals surface area contributed by atoms with Crippen LogP contribution in [0.3, 0.4) is 0 Å². The number of thiophene rings is 1. The number of nitrogens with zero attached hydrogens (tertiary/aromatic N) is 2. The van der Waals surface area contributed by atoms with Gasteiger partial charge < -0.3 is 15.2 Å². The van der Waals surface area contributed by atoms with E-state index < -0.39 is 0 Å². The number of aromatic nitrogens is 2. The highest BCUT2D eigenvalue weighted by Crippen LogP contribution is 2.36. The lowest BCUT2D eigenvalue weighted by Gasteiger charge is -2.14. The van der Waals surface area contributed by atoms with Crippen molar-refractivity contribution in [2.24, 2.45) is 0 Å². The molecule has 0 saturated carbocycles. The summed E-state index contributed by atoms with van der Waals surface area (Å²) in [5, 5.41) is 12.3. The number of amides is 1. The molecule has 0 spiro atoms. The highest BCUT2D eigenvalue weighted by Gasteiger charge is 2.21. The number of carbonyl (C=O) groups is 1. The Kier molecular flexibility index (Phi) is 6.36. The fraction of sp³-hybridized carbons (Fsp3) is 0.350. The van der Waals surface area contributed by atoms with Gasteiger partial charge in [-0.15, -0.1) is 11.3 Å². The van der Waals surface area contributed by atoms with E-state index in [9.17, 15) is 4.79 Å². The number of hydrogen-bond donors (Lipinski definition) is 2. The number of anilines is 1. The topological polar surface area (TPSA) is 80.0 Å². The Hall–Kier alpha value is -2.51. The van der Waals surface area contributed by atoms with Crippen molar-refractivity contribution in [3.8, 4) is 10.8 Å². The molecular formula is C20H24N4O2S. The minimum absolute atomic E-state index is 0.0739. The maximum absolute atomic E-state index is 12.5. The highest BCUT2D eigenvalue weighted by atomic mass is 32.1. The summed E-state index contributed by atoms with van der Waals surface area (Å²) in [5.41, 5.74) is 2.84. The SMILES string of the molecule is CCCNC(C)C(=O)Nc1c(C)csc1-c1nc(Cc2ccccc2)no1. The van der Waals surface area contributed by atoms with Crippen molar-refractivity contribution in [2.75, 3.05) is 11.9 Å². The maximum Gasteiger partial charge on any atom is 0.270 e. The molecule has 0 aliphatic heterocycles. The normalized spacial score (nSPS) is 12.1. The van der Waals surface area contributed by atoms with Crippen molar-refractivity contribution >= 4 is 22.9 Å². The van der Waals surface area contributed by atoms with Crippen LogP contribution in [-0.2, 0) is 11.2 Å². The van der Waals surface area contributed by atoms with Crippen molar-refractivity contribution in [3.63, 3.8) is 0 Å². The van der Waals surface area contributed by atoms with E-state index in [0.29, 0.717) is 18.1 Å². The van der Waals surface area contributed by atoms with Gasteiger partial charge in [0.15, 0.2) is 5.82 Å². The Balaban J connectivity index is 1.75. The van der Waals surface area contributed by atoms with E-state index in [1.807, 2.05) is 49.6 Å². The van der Waals surface area contributed by atoms with Crippen LogP contribution in [0.25, 0.3) is 10.8 Å². The summed E-state index contributed by atoms with van der Waals surface area (Å²) < 4.78 is 5.47. The lowest BCUT2D eigenvalue weighted by molar-refractivity contribution is -0.117. The molecule has 1 aromatic carbocycles. The van der Waals surface area contributed by atoms with Gasteiger partial charge in [0.1, 0.15) is 4.88 Å². The second-order valence-corrected chi connectivity index (χ2v) is 7.35. The molecule has 7 heteroatoms. The van der Waals surface area contributed by atoms with Gasteiger partial charge in [-0.25, -0.2) is 0 Å². The molecule has 0 fully saturated rings. The molecule has 1 unspecified atom stereocenters. The lowest BCUT2D eigenvalue weighted by Crippen LogP contribution is -2.38. The summed E-state index contributed by atoms with van der Waals surface area (Å²) in [5.74, 6) is 0.983. The smallest absolute Gasteiger partial charge is 0.270 e. The van der Waals surface area contributed by atoms with Gasteiger partial charge >= 0.3 is 0 Å². The van der Waals surface area contributed by atoms with Gasteiger partial charge in [-0.3, -0.25) is 4.79 Å². The summed E-state index contributed by atoms with van der Waals surface area (Å²) in [7, 11) is 0. The number of carbonyl (C=O) groups excluding carboxylic acids is 1. The molecule has 0 saturated heterocycles. The molecule has 6 nitrogen and oxygen atoms in total. The third-order valence-electron chi connectivity index (χ3n) is 4.18. The fourth-order valence-electron chi connectivity index (χ4n) is 2.64.